The lowest BCUT2D eigenvalue weighted by molar-refractivity contribution is 0.623. The number of para-hydroxylation sites is 1. The molecule has 8 aromatic carbocycles. The van der Waals surface area contributed by atoms with Crippen LogP contribution in [0.15, 0.2) is 186 Å². The monoisotopic (exact) mass is 614 g/mol. The van der Waals surface area contributed by atoms with E-state index in [1.54, 1.807) is 0 Å². The summed E-state index contributed by atoms with van der Waals surface area (Å²) in [7, 11) is 0. The third-order valence-electron chi connectivity index (χ3n) is 9.08. The predicted molar refractivity (Wildman–Crippen MR) is 200 cm³/mol. The van der Waals surface area contributed by atoms with Crippen LogP contribution in [0.2, 0.25) is 0 Å². The Morgan fingerprint density at radius 1 is 0.417 bits per heavy atom. The number of rotatable bonds is 6. The lowest BCUT2D eigenvalue weighted by atomic mass is 9.94. The summed E-state index contributed by atoms with van der Waals surface area (Å²) in [6, 6.07) is 64.0. The van der Waals surface area contributed by atoms with Gasteiger partial charge in [-0.3, -0.25) is 0 Å². The molecule has 0 spiro atoms. The Balaban J connectivity index is 1.19. The molecule has 3 heteroatoms. The Bertz CT molecular complexity index is 2540. The molecule has 0 radical (unpaired) electrons. The van der Waals surface area contributed by atoms with Crippen molar-refractivity contribution in [2.75, 3.05) is 4.90 Å². The maximum atomic E-state index is 6.52. The van der Waals surface area contributed by atoms with Crippen LogP contribution in [0.25, 0.3) is 66.4 Å². The number of oxazole rings is 1. The molecule has 9 rings (SSSR count). The third-order valence-corrected chi connectivity index (χ3v) is 9.08. The minimum atomic E-state index is 0.631. The van der Waals surface area contributed by atoms with E-state index in [1.165, 1.54) is 22.3 Å². The molecular formula is C45H30N2O. The topological polar surface area (TPSA) is 29.3 Å². The average molecular weight is 615 g/mol. The van der Waals surface area contributed by atoms with Crippen molar-refractivity contribution in [3.05, 3.63) is 182 Å². The van der Waals surface area contributed by atoms with Crippen LogP contribution in [-0.2, 0) is 0 Å². The largest absolute Gasteiger partial charge is 0.435 e. The van der Waals surface area contributed by atoms with Crippen molar-refractivity contribution in [3.8, 4) is 33.7 Å². The molecule has 0 aliphatic rings. The van der Waals surface area contributed by atoms with Gasteiger partial charge in [0.25, 0.3) is 0 Å². The molecule has 0 unspecified atom stereocenters. The minimum Gasteiger partial charge on any atom is -0.435 e. The van der Waals surface area contributed by atoms with Crippen LogP contribution in [0.1, 0.15) is 0 Å². The van der Waals surface area contributed by atoms with Gasteiger partial charge in [0.05, 0.1) is 0 Å². The first-order valence-electron chi connectivity index (χ1n) is 16.2. The molecule has 0 N–H and O–H groups in total. The van der Waals surface area contributed by atoms with Crippen LogP contribution in [0, 0.1) is 0 Å². The van der Waals surface area contributed by atoms with E-state index in [0.717, 1.165) is 55.3 Å². The van der Waals surface area contributed by atoms with Gasteiger partial charge in [0.1, 0.15) is 5.52 Å². The Morgan fingerprint density at radius 2 is 0.938 bits per heavy atom. The van der Waals surface area contributed by atoms with Crippen molar-refractivity contribution in [1.82, 2.24) is 4.98 Å². The first-order valence-corrected chi connectivity index (χ1v) is 16.2. The van der Waals surface area contributed by atoms with E-state index in [2.05, 4.69) is 157 Å². The molecule has 1 aromatic heterocycles. The molecule has 0 saturated carbocycles. The van der Waals surface area contributed by atoms with Crippen molar-refractivity contribution in [2.24, 2.45) is 0 Å². The van der Waals surface area contributed by atoms with Crippen LogP contribution in [-0.4, -0.2) is 4.98 Å². The molecule has 0 saturated heterocycles. The van der Waals surface area contributed by atoms with Crippen molar-refractivity contribution in [2.45, 2.75) is 0 Å². The van der Waals surface area contributed by atoms with Gasteiger partial charge in [0.2, 0.25) is 5.89 Å². The molecule has 0 atom stereocenters. The summed E-state index contributed by atoms with van der Waals surface area (Å²) in [5.74, 6) is 0.631. The predicted octanol–water partition coefficient (Wildman–Crippen LogP) is 12.6. The fourth-order valence-corrected chi connectivity index (χ4v) is 6.77. The third kappa shape index (κ3) is 4.90. The van der Waals surface area contributed by atoms with E-state index < -0.39 is 0 Å². The number of nitrogens with zero attached hydrogens (tertiary/aromatic N) is 2. The Kier molecular flexibility index (Phi) is 6.80. The fourth-order valence-electron chi connectivity index (χ4n) is 6.77. The van der Waals surface area contributed by atoms with Crippen molar-refractivity contribution < 1.29 is 4.42 Å². The van der Waals surface area contributed by atoms with Gasteiger partial charge in [-0.15, -0.1) is 0 Å². The van der Waals surface area contributed by atoms with E-state index in [0.29, 0.717) is 5.89 Å². The van der Waals surface area contributed by atoms with Crippen LogP contribution < -0.4 is 4.90 Å². The zero-order chi connectivity index (χ0) is 31.9. The second-order valence-electron chi connectivity index (χ2n) is 12.0. The second-order valence-corrected chi connectivity index (χ2v) is 12.0. The molecule has 0 fully saturated rings. The van der Waals surface area contributed by atoms with Gasteiger partial charge in [-0.1, -0.05) is 127 Å². The zero-order valence-corrected chi connectivity index (χ0v) is 26.1. The Morgan fingerprint density at radius 3 is 1.65 bits per heavy atom. The highest BCUT2D eigenvalue weighted by Crippen LogP contribution is 2.41. The van der Waals surface area contributed by atoms with Crippen molar-refractivity contribution in [1.29, 1.82) is 0 Å². The second kappa shape index (κ2) is 11.7. The van der Waals surface area contributed by atoms with Gasteiger partial charge >= 0.3 is 0 Å². The molecule has 9 aromatic rings. The smallest absolute Gasteiger partial charge is 0.227 e. The van der Waals surface area contributed by atoms with Crippen LogP contribution in [0.4, 0.5) is 17.1 Å². The van der Waals surface area contributed by atoms with E-state index in [9.17, 15) is 0 Å². The molecular weight excluding hydrogens is 585 g/mol. The molecule has 1 heterocycles. The Hall–Kier alpha value is -6.45. The summed E-state index contributed by atoms with van der Waals surface area (Å²) in [6.07, 6.45) is 0. The number of fused-ring (bicyclic) bond motifs is 5. The summed E-state index contributed by atoms with van der Waals surface area (Å²) in [5.41, 5.74) is 10.7. The van der Waals surface area contributed by atoms with E-state index >= 15 is 0 Å². The minimum absolute atomic E-state index is 0.631. The van der Waals surface area contributed by atoms with Crippen molar-refractivity contribution in [3.63, 3.8) is 0 Å². The fraction of sp³-hybridized carbons (Fsp3) is 0. The van der Waals surface area contributed by atoms with Gasteiger partial charge in [-0.25, -0.2) is 4.98 Å². The standard InChI is InChI=1S/C45H30N2O/c1-4-12-31(13-5-1)39-18-10-11-19-40(39)32-22-26-37(27-23-32)47(36-16-8-3-9-17-36)38-28-24-33-20-21-34-25-29-42-44(43(34)41(33)30-38)48-45(46-42)35-14-6-2-7-15-35/h1-30H. The molecule has 0 aliphatic carbocycles. The van der Waals surface area contributed by atoms with Gasteiger partial charge in [-0.2, -0.15) is 0 Å². The maximum Gasteiger partial charge on any atom is 0.227 e. The van der Waals surface area contributed by atoms with E-state index in [4.69, 9.17) is 9.40 Å². The normalized spacial score (nSPS) is 11.3. The highest BCUT2D eigenvalue weighted by Gasteiger charge is 2.17. The number of benzene rings is 8. The lowest BCUT2D eigenvalue weighted by Gasteiger charge is -2.26. The quantitative estimate of drug-likeness (QED) is 0.175. The van der Waals surface area contributed by atoms with Crippen LogP contribution >= 0.6 is 0 Å². The summed E-state index contributed by atoms with van der Waals surface area (Å²) >= 11 is 0. The number of aromatic nitrogens is 1. The first-order chi connectivity index (χ1) is 23.8. The van der Waals surface area contributed by atoms with E-state index in [-0.39, 0.29) is 0 Å². The maximum absolute atomic E-state index is 6.52. The van der Waals surface area contributed by atoms with Gasteiger partial charge in [0, 0.05) is 28.0 Å². The lowest BCUT2D eigenvalue weighted by Crippen LogP contribution is -2.09. The van der Waals surface area contributed by atoms with E-state index in [1.807, 2.05) is 30.3 Å². The zero-order valence-electron chi connectivity index (χ0n) is 26.1. The van der Waals surface area contributed by atoms with Gasteiger partial charge in [-0.05, 0) is 93.0 Å². The summed E-state index contributed by atoms with van der Waals surface area (Å²) in [4.78, 5) is 7.19. The number of hydrogen-bond acceptors (Lipinski definition) is 3. The summed E-state index contributed by atoms with van der Waals surface area (Å²) in [5, 5.41) is 4.47. The van der Waals surface area contributed by atoms with Gasteiger partial charge in [0.15, 0.2) is 5.58 Å². The van der Waals surface area contributed by atoms with Crippen LogP contribution in [0.5, 0.6) is 0 Å². The Labute approximate surface area is 279 Å². The number of anilines is 3. The molecule has 3 nitrogen and oxygen atoms in total. The average Bonchev–Trinajstić information content (AvgIpc) is 3.61. The molecule has 48 heavy (non-hydrogen) atoms. The highest BCUT2D eigenvalue weighted by atomic mass is 16.3. The summed E-state index contributed by atoms with van der Waals surface area (Å²) < 4.78 is 6.52. The van der Waals surface area contributed by atoms with Gasteiger partial charge < -0.3 is 9.32 Å². The molecule has 0 aliphatic heterocycles. The SMILES string of the molecule is c1ccc(-c2nc3ccc4ccc5ccc(N(c6ccccc6)c6ccc(-c7ccccc7-c7ccccc7)cc6)cc5c4c3o2)cc1. The first kappa shape index (κ1) is 27.8. The molecule has 226 valence electrons. The molecule has 0 amide bonds. The number of hydrogen-bond donors (Lipinski definition) is 0. The summed E-state index contributed by atoms with van der Waals surface area (Å²) in [6.45, 7) is 0. The highest BCUT2D eigenvalue weighted by molar-refractivity contribution is 6.18. The van der Waals surface area contributed by atoms with Crippen molar-refractivity contribution >= 4 is 49.7 Å². The van der Waals surface area contributed by atoms with Crippen LogP contribution in [0.3, 0.4) is 0 Å². The molecule has 0 bridgehead atoms.